The molecule has 4 aromatic rings. The van der Waals surface area contributed by atoms with E-state index >= 15 is 0 Å². The number of benzene rings is 3. The van der Waals surface area contributed by atoms with Crippen LogP contribution in [0.3, 0.4) is 0 Å². The Morgan fingerprint density at radius 2 is 1.80 bits per heavy atom. The molecule has 0 aliphatic heterocycles. The molecule has 1 amide bonds. The molecule has 0 fully saturated rings. The molecule has 0 radical (unpaired) electrons. The molecular weight excluding hydrogens is 400 g/mol. The lowest BCUT2D eigenvalue weighted by Crippen LogP contribution is -2.14. The fourth-order valence-electron chi connectivity index (χ4n) is 3.06. The first kappa shape index (κ1) is 19.7. The molecular formula is C23H19ClN4O2. The maximum absolute atomic E-state index is 12.9. The van der Waals surface area contributed by atoms with Crippen molar-refractivity contribution in [1.29, 1.82) is 0 Å². The number of halogens is 1. The third-order valence-corrected chi connectivity index (χ3v) is 5.05. The summed E-state index contributed by atoms with van der Waals surface area (Å²) < 4.78 is 6.86. The average Bonchev–Trinajstić information content (AvgIpc) is 3.22. The zero-order valence-electron chi connectivity index (χ0n) is 16.5. The van der Waals surface area contributed by atoms with Gasteiger partial charge >= 0.3 is 0 Å². The number of ether oxygens (including phenoxy) is 1. The number of methoxy groups -OCH3 is 1. The van der Waals surface area contributed by atoms with Crippen LogP contribution in [0.15, 0.2) is 72.8 Å². The molecule has 4 rings (SSSR count). The number of hydrogen-bond donors (Lipinski definition) is 1. The molecule has 30 heavy (non-hydrogen) atoms. The summed E-state index contributed by atoms with van der Waals surface area (Å²) in [5.74, 6) is 0.831. The molecule has 0 saturated heterocycles. The van der Waals surface area contributed by atoms with E-state index < -0.39 is 5.91 Å². The Bertz CT molecular complexity index is 1210. The van der Waals surface area contributed by atoms with Crippen LogP contribution in [0, 0.1) is 6.92 Å². The normalized spacial score (nSPS) is 10.6. The second kappa shape index (κ2) is 8.39. The highest BCUT2D eigenvalue weighted by molar-refractivity contribution is 6.31. The van der Waals surface area contributed by atoms with Gasteiger partial charge in [-0.15, -0.1) is 5.10 Å². The minimum atomic E-state index is -0.418. The van der Waals surface area contributed by atoms with Crippen molar-refractivity contribution >= 4 is 23.2 Å². The number of carbonyl (C=O) groups excluding carboxylic acids is 1. The molecule has 0 saturated carbocycles. The lowest BCUT2D eigenvalue weighted by molar-refractivity contribution is 0.101. The largest absolute Gasteiger partial charge is 0.497 e. The van der Waals surface area contributed by atoms with Crippen LogP contribution in [-0.4, -0.2) is 27.8 Å². The molecule has 0 spiro atoms. The van der Waals surface area contributed by atoms with Crippen LogP contribution in [0.1, 0.15) is 16.2 Å². The lowest BCUT2D eigenvalue weighted by atomic mass is 10.2. The highest BCUT2D eigenvalue weighted by Crippen LogP contribution is 2.27. The Labute approximate surface area is 179 Å². The molecule has 1 N–H and O–H groups in total. The number of rotatable bonds is 5. The second-order valence-electron chi connectivity index (χ2n) is 6.61. The fraction of sp³-hybridized carbons (Fsp3) is 0.0870. The highest BCUT2D eigenvalue weighted by atomic mass is 35.5. The van der Waals surface area contributed by atoms with Crippen molar-refractivity contribution in [2.75, 3.05) is 12.4 Å². The average molecular weight is 419 g/mol. The molecule has 0 bridgehead atoms. The number of nitrogens with zero attached hydrogens (tertiary/aromatic N) is 3. The third kappa shape index (κ3) is 3.90. The van der Waals surface area contributed by atoms with Crippen LogP contribution in [0.5, 0.6) is 5.75 Å². The van der Waals surface area contributed by atoms with Crippen molar-refractivity contribution in [1.82, 2.24) is 14.8 Å². The van der Waals surface area contributed by atoms with Crippen molar-refractivity contribution in [3.63, 3.8) is 0 Å². The summed E-state index contributed by atoms with van der Waals surface area (Å²) >= 11 is 6.31. The van der Waals surface area contributed by atoms with E-state index in [4.69, 9.17) is 16.3 Å². The van der Waals surface area contributed by atoms with Gasteiger partial charge in [-0.3, -0.25) is 4.79 Å². The molecule has 3 aromatic carbocycles. The summed E-state index contributed by atoms with van der Waals surface area (Å²) in [5.41, 5.74) is 3.04. The molecule has 0 aliphatic carbocycles. The van der Waals surface area contributed by atoms with Gasteiger partial charge < -0.3 is 10.1 Å². The molecule has 6 nitrogen and oxygen atoms in total. The van der Waals surface area contributed by atoms with Crippen LogP contribution in [0.2, 0.25) is 5.02 Å². The van der Waals surface area contributed by atoms with E-state index in [-0.39, 0.29) is 5.82 Å². The van der Waals surface area contributed by atoms with Gasteiger partial charge in [-0.05, 0) is 36.8 Å². The Morgan fingerprint density at radius 3 is 2.57 bits per heavy atom. The Kier molecular flexibility index (Phi) is 5.50. The smallest absolute Gasteiger partial charge is 0.295 e. The molecule has 0 unspecified atom stereocenters. The lowest BCUT2D eigenvalue weighted by Gasteiger charge is -2.10. The van der Waals surface area contributed by atoms with E-state index in [1.54, 1.807) is 36.1 Å². The van der Waals surface area contributed by atoms with Crippen molar-refractivity contribution in [2.24, 2.45) is 0 Å². The zero-order valence-corrected chi connectivity index (χ0v) is 17.2. The standard InChI is InChI=1S/C23H19ClN4O2/c1-15-19(24)12-7-13-20(15)28-22(16-8-4-3-5-9-16)26-21(27-28)23(29)25-17-10-6-11-18(14-17)30-2/h3-14H,1-2H3,(H,25,29). The first-order valence-electron chi connectivity index (χ1n) is 9.30. The van der Waals surface area contributed by atoms with Gasteiger partial charge in [0.15, 0.2) is 5.82 Å². The van der Waals surface area contributed by atoms with Crippen LogP contribution < -0.4 is 10.1 Å². The van der Waals surface area contributed by atoms with Crippen molar-refractivity contribution in [3.05, 3.63) is 89.2 Å². The van der Waals surface area contributed by atoms with Crippen molar-refractivity contribution in [3.8, 4) is 22.8 Å². The van der Waals surface area contributed by atoms with Gasteiger partial charge in [0.2, 0.25) is 5.82 Å². The van der Waals surface area contributed by atoms with Gasteiger partial charge in [-0.1, -0.05) is 54.1 Å². The van der Waals surface area contributed by atoms with Gasteiger partial charge in [0.1, 0.15) is 5.75 Å². The highest BCUT2D eigenvalue weighted by Gasteiger charge is 2.20. The molecule has 1 heterocycles. The predicted octanol–water partition coefficient (Wildman–Crippen LogP) is 5.16. The van der Waals surface area contributed by atoms with Crippen LogP contribution >= 0.6 is 11.6 Å². The topological polar surface area (TPSA) is 69.0 Å². The SMILES string of the molecule is COc1cccc(NC(=O)c2nc(-c3ccccc3)n(-c3cccc(Cl)c3C)n2)c1. The van der Waals surface area contributed by atoms with Gasteiger partial charge in [0.05, 0.1) is 12.8 Å². The molecule has 7 heteroatoms. The van der Waals surface area contributed by atoms with Crippen molar-refractivity contribution < 1.29 is 9.53 Å². The van der Waals surface area contributed by atoms with E-state index in [1.165, 1.54) is 0 Å². The minimum Gasteiger partial charge on any atom is -0.497 e. The van der Waals surface area contributed by atoms with Gasteiger partial charge in [-0.25, -0.2) is 9.67 Å². The van der Waals surface area contributed by atoms with Gasteiger partial charge in [0.25, 0.3) is 5.91 Å². The molecule has 150 valence electrons. The first-order valence-corrected chi connectivity index (χ1v) is 9.68. The first-order chi connectivity index (χ1) is 14.6. The van der Waals surface area contributed by atoms with E-state index in [0.29, 0.717) is 22.3 Å². The van der Waals surface area contributed by atoms with E-state index in [2.05, 4.69) is 15.4 Å². The zero-order chi connectivity index (χ0) is 21.1. The number of amides is 1. The predicted molar refractivity (Wildman–Crippen MR) is 117 cm³/mol. The third-order valence-electron chi connectivity index (χ3n) is 4.64. The van der Waals surface area contributed by atoms with Crippen LogP contribution in [0.4, 0.5) is 5.69 Å². The Hall–Kier alpha value is -3.64. The van der Waals surface area contributed by atoms with Crippen LogP contribution in [0.25, 0.3) is 17.1 Å². The number of aromatic nitrogens is 3. The van der Waals surface area contributed by atoms with E-state index in [1.807, 2.05) is 55.5 Å². The maximum Gasteiger partial charge on any atom is 0.295 e. The maximum atomic E-state index is 12.9. The number of carbonyl (C=O) groups is 1. The second-order valence-corrected chi connectivity index (χ2v) is 7.01. The summed E-state index contributed by atoms with van der Waals surface area (Å²) in [6.07, 6.45) is 0. The van der Waals surface area contributed by atoms with E-state index in [9.17, 15) is 4.79 Å². The van der Waals surface area contributed by atoms with Crippen LogP contribution in [-0.2, 0) is 0 Å². The van der Waals surface area contributed by atoms with Gasteiger partial charge in [0, 0.05) is 22.3 Å². The Morgan fingerprint density at radius 1 is 1.03 bits per heavy atom. The van der Waals surface area contributed by atoms with Crippen molar-refractivity contribution in [2.45, 2.75) is 6.92 Å². The molecule has 0 aliphatic rings. The number of nitrogens with one attached hydrogen (secondary N) is 1. The fourth-order valence-corrected chi connectivity index (χ4v) is 3.23. The monoisotopic (exact) mass is 418 g/mol. The molecule has 0 atom stereocenters. The summed E-state index contributed by atoms with van der Waals surface area (Å²) in [7, 11) is 1.57. The van der Waals surface area contributed by atoms with E-state index in [0.717, 1.165) is 16.8 Å². The summed E-state index contributed by atoms with van der Waals surface area (Å²) in [6, 6.07) is 22.2. The summed E-state index contributed by atoms with van der Waals surface area (Å²) in [5, 5.41) is 7.94. The number of anilines is 1. The summed E-state index contributed by atoms with van der Waals surface area (Å²) in [6.45, 7) is 1.91. The summed E-state index contributed by atoms with van der Waals surface area (Å²) in [4.78, 5) is 17.4. The quantitative estimate of drug-likeness (QED) is 0.486. The molecule has 1 aromatic heterocycles. The Balaban J connectivity index is 1.77. The van der Waals surface area contributed by atoms with Gasteiger partial charge in [-0.2, -0.15) is 0 Å². The number of hydrogen-bond acceptors (Lipinski definition) is 4. The minimum absolute atomic E-state index is 0.0519.